The molecule has 3 rings (SSSR count). The third-order valence-corrected chi connectivity index (χ3v) is 5.31. The number of ketones is 2. The Hall–Kier alpha value is -1.78. The predicted molar refractivity (Wildman–Crippen MR) is 97.2 cm³/mol. The van der Waals surface area contributed by atoms with E-state index in [9.17, 15) is 14.7 Å². The zero-order chi connectivity index (χ0) is 17.6. The summed E-state index contributed by atoms with van der Waals surface area (Å²) in [5.74, 6) is -0.490. The lowest BCUT2D eigenvalue weighted by Gasteiger charge is -2.34. The van der Waals surface area contributed by atoms with Crippen LogP contribution in [-0.2, 0) is 0 Å². The molecule has 0 saturated carbocycles. The van der Waals surface area contributed by atoms with E-state index >= 15 is 0 Å². The van der Waals surface area contributed by atoms with Gasteiger partial charge in [-0.05, 0) is 26.9 Å². The monoisotopic (exact) mass is 386 g/mol. The normalized spacial score (nSPS) is 24.1. The zero-order valence-corrected chi connectivity index (χ0v) is 15.4. The maximum atomic E-state index is 12.9. The summed E-state index contributed by atoms with van der Waals surface area (Å²) in [5, 5.41) is 10.3. The maximum Gasteiger partial charge on any atom is 0.201 e. The highest BCUT2D eigenvalue weighted by atomic mass is 79.9. The van der Waals surface area contributed by atoms with Crippen molar-refractivity contribution in [3.8, 4) is 0 Å². The van der Waals surface area contributed by atoms with E-state index in [1.54, 1.807) is 36.4 Å². The van der Waals surface area contributed by atoms with Gasteiger partial charge in [0.25, 0.3) is 0 Å². The van der Waals surface area contributed by atoms with E-state index in [0.29, 0.717) is 22.3 Å². The van der Waals surface area contributed by atoms with Crippen LogP contribution < -0.4 is 0 Å². The molecule has 0 aliphatic heterocycles. The third-order valence-electron chi connectivity index (χ3n) is 4.55. The van der Waals surface area contributed by atoms with Gasteiger partial charge in [-0.2, -0.15) is 0 Å². The van der Waals surface area contributed by atoms with Crippen LogP contribution in [0.4, 0.5) is 0 Å². The number of aliphatic hydroxyl groups is 1. The average Bonchev–Trinajstić information content (AvgIpc) is 2.53. The van der Waals surface area contributed by atoms with Gasteiger partial charge in [-0.15, -0.1) is 0 Å². The first-order valence-corrected chi connectivity index (χ1v) is 8.68. The van der Waals surface area contributed by atoms with Crippen LogP contribution in [0, 0.1) is 11.3 Å². The minimum atomic E-state index is -0.602. The number of benzene rings is 1. The minimum absolute atomic E-state index is 0.134. The van der Waals surface area contributed by atoms with Gasteiger partial charge in [-0.3, -0.25) is 9.59 Å². The molecule has 1 N–H and O–H groups in total. The van der Waals surface area contributed by atoms with Crippen molar-refractivity contribution in [3.05, 3.63) is 69.2 Å². The molecule has 4 heteroatoms. The molecule has 0 amide bonds. The Kier molecular flexibility index (Phi) is 4.22. The van der Waals surface area contributed by atoms with Crippen LogP contribution in [0.3, 0.4) is 0 Å². The van der Waals surface area contributed by atoms with Gasteiger partial charge in [0.2, 0.25) is 5.78 Å². The smallest absolute Gasteiger partial charge is 0.201 e. The molecule has 124 valence electrons. The second-order valence-corrected chi connectivity index (χ2v) is 8.05. The number of carbonyl (C=O) groups is 2. The molecular weight excluding hydrogens is 368 g/mol. The van der Waals surface area contributed by atoms with Crippen molar-refractivity contribution in [3.63, 3.8) is 0 Å². The molecular formula is C20H19BrO3. The van der Waals surface area contributed by atoms with Gasteiger partial charge in [0.05, 0.1) is 10.6 Å². The van der Waals surface area contributed by atoms with E-state index in [2.05, 4.69) is 15.9 Å². The predicted octanol–water partition coefficient (Wildman–Crippen LogP) is 4.23. The second-order valence-electron chi connectivity index (χ2n) is 7.26. The summed E-state index contributed by atoms with van der Waals surface area (Å²) < 4.78 is 0.283. The van der Waals surface area contributed by atoms with Gasteiger partial charge < -0.3 is 5.11 Å². The van der Waals surface area contributed by atoms with Crippen LogP contribution in [0.5, 0.6) is 0 Å². The van der Waals surface area contributed by atoms with E-state index in [4.69, 9.17) is 0 Å². The fourth-order valence-corrected chi connectivity index (χ4v) is 3.82. The van der Waals surface area contributed by atoms with E-state index < -0.39 is 6.10 Å². The molecule has 3 nitrogen and oxygen atoms in total. The van der Waals surface area contributed by atoms with Gasteiger partial charge in [-0.25, -0.2) is 0 Å². The number of fused-ring (bicyclic) bond motifs is 1. The van der Waals surface area contributed by atoms with E-state index in [1.807, 2.05) is 26.8 Å². The van der Waals surface area contributed by atoms with E-state index in [0.717, 1.165) is 0 Å². The fraction of sp³-hybridized carbons (Fsp3) is 0.300. The molecule has 0 saturated heterocycles. The highest BCUT2D eigenvalue weighted by Gasteiger charge is 2.35. The number of Topliss-reactive ketones (excluding diaryl/α,β-unsaturated/α-hetero) is 2. The Morgan fingerprint density at radius 1 is 1.04 bits per heavy atom. The van der Waals surface area contributed by atoms with Gasteiger partial charge in [0.1, 0.15) is 0 Å². The molecule has 0 bridgehead atoms. The summed E-state index contributed by atoms with van der Waals surface area (Å²) in [7, 11) is 0. The molecule has 0 spiro atoms. The minimum Gasteiger partial charge on any atom is -0.388 e. The van der Waals surface area contributed by atoms with Crippen LogP contribution in [0.25, 0.3) is 0 Å². The average molecular weight is 387 g/mol. The lowest BCUT2D eigenvalue weighted by molar-refractivity contribution is 0.0979. The van der Waals surface area contributed by atoms with E-state index in [1.165, 1.54) is 0 Å². The molecule has 0 radical (unpaired) electrons. The quantitative estimate of drug-likeness (QED) is 0.785. The first-order valence-electron chi connectivity index (χ1n) is 7.88. The Morgan fingerprint density at radius 3 is 2.21 bits per heavy atom. The molecule has 1 aromatic carbocycles. The molecule has 2 unspecified atom stereocenters. The van der Waals surface area contributed by atoms with Gasteiger partial charge in [0.15, 0.2) is 5.78 Å². The molecule has 2 aliphatic rings. The van der Waals surface area contributed by atoms with Crippen LogP contribution in [0.15, 0.2) is 58.1 Å². The molecule has 0 aromatic heterocycles. The van der Waals surface area contributed by atoms with Crippen LogP contribution >= 0.6 is 15.9 Å². The largest absolute Gasteiger partial charge is 0.388 e. The first kappa shape index (κ1) is 17.1. The summed E-state index contributed by atoms with van der Waals surface area (Å²) in [6.07, 6.45) is 4.72. The Morgan fingerprint density at radius 2 is 1.62 bits per heavy atom. The topological polar surface area (TPSA) is 54.4 Å². The summed E-state index contributed by atoms with van der Waals surface area (Å²) in [6, 6.07) is 6.85. The highest BCUT2D eigenvalue weighted by Crippen LogP contribution is 2.39. The van der Waals surface area contributed by atoms with Crippen molar-refractivity contribution in [2.45, 2.75) is 26.9 Å². The Labute approximate surface area is 149 Å². The number of halogens is 1. The molecule has 24 heavy (non-hydrogen) atoms. The van der Waals surface area contributed by atoms with Crippen molar-refractivity contribution in [2.24, 2.45) is 11.3 Å². The van der Waals surface area contributed by atoms with Gasteiger partial charge >= 0.3 is 0 Å². The fourth-order valence-electron chi connectivity index (χ4n) is 3.20. The third kappa shape index (κ3) is 2.74. The number of hydrogen-bond donors (Lipinski definition) is 1. The van der Waals surface area contributed by atoms with Gasteiger partial charge in [0, 0.05) is 22.6 Å². The summed E-state index contributed by atoms with van der Waals surface area (Å²) in [4.78, 5) is 25.5. The first-order chi connectivity index (χ1) is 11.2. The lowest BCUT2D eigenvalue weighted by atomic mass is 9.73. The zero-order valence-electron chi connectivity index (χ0n) is 13.8. The van der Waals surface area contributed by atoms with Crippen molar-refractivity contribution in [2.75, 3.05) is 0 Å². The van der Waals surface area contributed by atoms with Crippen molar-refractivity contribution >= 4 is 27.5 Å². The van der Waals surface area contributed by atoms with Crippen molar-refractivity contribution in [1.82, 2.24) is 0 Å². The Bertz CT molecular complexity index is 822. The lowest BCUT2D eigenvalue weighted by Crippen LogP contribution is -2.32. The Balaban J connectivity index is 2.13. The summed E-state index contributed by atoms with van der Waals surface area (Å²) in [5.41, 5.74) is 1.73. The molecule has 2 aliphatic carbocycles. The van der Waals surface area contributed by atoms with Gasteiger partial charge in [-0.1, -0.05) is 63.3 Å². The maximum absolute atomic E-state index is 12.9. The number of rotatable bonds is 1. The van der Waals surface area contributed by atoms with Crippen LogP contribution in [0.1, 0.15) is 41.5 Å². The highest BCUT2D eigenvalue weighted by molar-refractivity contribution is 9.12. The second kappa shape index (κ2) is 5.94. The summed E-state index contributed by atoms with van der Waals surface area (Å²) in [6.45, 7) is 6.13. The SMILES string of the molecule is CC(C)(C)C1C=C(C2=C(Br)C(=O)c3ccccc3C2=O)C=CC1O. The molecule has 1 aromatic rings. The van der Waals surface area contributed by atoms with Crippen molar-refractivity contribution in [1.29, 1.82) is 0 Å². The molecule has 2 atom stereocenters. The van der Waals surface area contributed by atoms with Crippen LogP contribution in [0.2, 0.25) is 0 Å². The number of carbonyl (C=O) groups excluding carboxylic acids is 2. The van der Waals surface area contributed by atoms with Crippen LogP contribution in [-0.4, -0.2) is 22.8 Å². The number of allylic oxidation sites excluding steroid dienone is 4. The summed E-state index contributed by atoms with van der Waals surface area (Å²) >= 11 is 3.32. The molecule has 0 fully saturated rings. The van der Waals surface area contributed by atoms with E-state index in [-0.39, 0.29) is 27.4 Å². The number of hydrogen-bond acceptors (Lipinski definition) is 3. The number of aliphatic hydroxyl groups excluding tert-OH is 1. The standard InChI is InChI=1S/C20H19BrO3/c1-20(2,3)14-10-11(8-9-15(14)22)16-17(21)19(24)13-7-5-4-6-12(13)18(16)23/h4-10,14-15,22H,1-3H3. The molecule has 0 heterocycles. The van der Waals surface area contributed by atoms with Crippen molar-refractivity contribution < 1.29 is 14.7 Å².